The first kappa shape index (κ1) is 16.5. The molecule has 116 valence electrons. The summed E-state index contributed by atoms with van der Waals surface area (Å²) in [6.45, 7) is 13.7. The molecule has 4 heteroatoms. The summed E-state index contributed by atoms with van der Waals surface area (Å²) in [4.78, 5) is 0. The summed E-state index contributed by atoms with van der Waals surface area (Å²) in [6, 6.07) is 9.11. The summed E-state index contributed by atoms with van der Waals surface area (Å²) >= 11 is 0. The van der Waals surface area contributed by atoms with Crippen molar-refractivity contribution in [1.82, 2.24) is 5.32 Å². The molecule has 1 aliphatic heterocycles. The van der Waals surface area contributed by atoms with E-state index in [1.807, 2.05) is 0 Å². The Balaban J connectivity index is 1.97. The van der Waals surface area contributed by atoms with E-state index in [2.05, 4.69) is 71.1 Å². The Morgan fingerprint density at radius 3 is 2.00 bits per heavy atom. The SMILES string of the molecule is CC(C)NCCc1ccc(B2OC(C)(C)C(C)(C)O2)cc1. The molecule has 1 aromatic rings. The molecule has 1 aliphatic rings. The van der Waals surface area contributed by atoms with Crippen molar-refractivity contribution in [2.75, 3.05) is 6.54 Å². The Kier molecular flexibility index (Phi) is 4.81. The Morgan fingerprint density at radius 1 is 1.00 bits per heavy atom. The van der Waals surface area contributed by atoms with Gasteiger partial charge >= 0.3 is 7.12 Å². The molecule has 3 nitrogen and oxygen atoms in total. The molecule has 0 spiro atoms. The Labute approximate surface area is 129 Å². The molecule has 1 N–H and O–H groups in total. The Morgan fingerprint density at radius 2 is 1.52 bits per heavy atom. The maximum Gasteiger partial charge on any atom is 0.494 e. The number of hydrogen-bond donors (Lipinski definition) is 1. The van der Waals surface area contributed by atoms with Gasteiger partial charge in [0, 0.05) is 6.04 Å². The maximum absolute atomic E-state index is 6.07. The maximum atomic E-state index is 6.07. The number of rotatable bonds is 5. The molecule has 0 atom stereocenters. The summed E-state index contributed by atoms with van der Waals surface area (Å²) in [7, 11) is -0.266. The van der Waals surface area contributed by atoms with E-state index in [9.17, 15) is 0 Å². The van der Waals surface area contributed by atoms with Gasteiger partial charge in [0.25, 0.3) is 0 Å². The zero-order valence-corrected chi connectivity index (χ0v) is 14.2. The van der Waals surface area contributed by atoms with Gasteiger partial charge in [-0.3, -0.25) is 0 Å². The lowest BCUT2D eigenvalue weighted by molar-refractivity contribution is 0.00578. The van der Waals surface area contributed by atoms with Crippen molar-refractivity contribution in [2.24, 2.45) is 0 Å². The Hall–Kier alpha value is -0.835. The number of nitrogens with one attached hydrogen (secondary N) is 1. The molecule has 0 aromatic heterocycles. The van der Waals surface area contributed by atoms with E-state index in [0.29, 0.717) is 6.04 Å². The molecule has 0 saturated carbocycles. The molecule has 0 aliphatic carbocycles. The van der Waals surface area contributed by atoms with Crippen LogP contribution in [0.2, 0.25) is 0 Å². The average molecular weight is 289 g/mol. The quantitative estimate of drug-likeness (QED) is 0.845. The van der Waals surface area contributed by atoms with Crippen LogP contribution < -0.4 is 10.8 Å². The highest BCUT2D eigenvalue weighted by molar-refractivity contribution is 6.62. The second-order valence-electron chi connectivity index (χ2n) is 7.19. The van der Waals surface area contributed by atoms with Crippen LogP contribution in [0.3, 0.4) is 0 Å². The van der Waals surface area contributed by atoms with Crippen molar-refractivity contribution in [2.45, 2.75) is 65.2 Å². The van der Waals surface area contributed by atoms with Crippen LogP contribution in [-0.2, 0) is 15.7 Å². The highest BCUT2D eigenvalue weighted by Gasteiger charge is 2.51. The van der Waals surface area contributed by atoms with Crippen LogP contribution in [0, 0.1) is 0 Å². The number of benzene rings is 1. The van der Waals surface area contributed by atoms with E-state index >= 15 is 0 Å². The zero-order valence-electron chi connectivity index (χ0n) is 14.2. The van der Waals surface area contributed by atoms with Crippen LogP contribution >= 0.6 is 0 Å². The molecule has 0 radical (unpaired) electrons. The minimum Gasteiger partial charge on any atom is -0.399 e. The molecule has 0 unspecified atom stereocenters. The van der Waals surface area contributed by atoms with Gasteiger partial charge in [-0.1, -0.05) is 38.1 Å². The third kappa shape index (κ3) is 3.88. The van der Waals surface area contributed by atoms with Gasteiger partial charge in [0.15, 0.2) is 0 Å². The van der Waals surface area contributed by atoms with Gasteiger partial charge in [-0.15, -0.1) is 0 Å². The highest BCUT2D eigenvalue weighted by atomic mass is 16.7. The molecule has 21 heavy (non-hydrogen) atoms. The van der Waals surface area contributed by atoms with Crippen LogP contribution in [0.15, 0.2) is 24.3 Å². The molecule has 1 aromatic carbocycles. The van der Waals surface area contributed by atoms with E-state index in [-0.39, 0.29) is 18.3 Å². The number of hydrogen-bond acceptors (Lipinski definition) is 3. The molecular formula is C17H28BNO2. The summed E-state index contributed by atoms with van der Waals surface area (Å²) in [5.41, 5.74) is 1.87. The molecule has 1 saturated heterocycles. The monoisotopic (exact) mass is 289 g/mol. The summed E-state index contributed by atoms with van der Waals surface area (Å²) in [6.07, 6.45) is 1.04. The minimum absolute atomic E-state index is 0.266. The molecule has 2 rings (SSSR count). The van der Waals surface area contributed by atoms with Crippen molar-refractivity contribution in [3.8, 4) is 0 Å². The van der Waals surface area contributed by atoms with Crippen molar-refractivity contribution in [3.05, 3.63) is 29.8 Å². The van der Waals surface area contributed by atoms with Crippen LogP contribution in [0.5, 0.6) is 0 Å². The topological polar surface area (TPSA) is 30.5 Å². The van der Waals surface area contributed by atoms with Crippen LogP contribution in [-0.4, -0.2) is 30.9 Å². The van der Waals surface area contributed by atoms with Gasteiger partial charge in [-0.2, -0.15) is 0 Å². The largest absolute Gasteiger partial charge is 0.494 e. The van der Waals surface area contributed by atoms with Crippen molar-refractivity contribution >= 4 is 12.6 Å². The third-order valence-corrected chi connectivity index (χ3v) is 4.47. The lowest BCUT2D eigenvalue weighted by atomic mass is 9.79. The van der Waals surface area contributed by atoms with Crippen LogP contribution in [0.4, 0.5) is 0 Å². The molecule has 0 amide bonds. The van der Waals surface area contributed by atoms with Crippen LogP contribution in [0.1, 0.15) is 47.1 Å². The fraction of sp³-hybridized carbons (Fsp3) is 0.647. The standard InChI is InChI=1S/C17H28BNO2/c1-13(2)19-12-11-14-7-9-15(10-8-14)18-20-16(3,4)17(5,6)21-18/h7-10,13,19H,11-12H2,1-6H3. The first-order valence-corrected chi connectivity index (χ1v) is 7.89. The zero-order chi connectivity index (χ0) is 15.7. The van der Waals surface area contributed by atoms with Gasteiger partial charge in [0.2, 0.25) is 0 Å². The van der Waals surface area contributed by atoms with Gasteiger partial charge in [0.05, 0.1) is 11.2 Å². The average Bonchev–Trinajstić information content (AvgIpc) is 2.59. The summed E-state index contributed by atoms with van der Waals surface area (Å²) < 4.78 is 12.1. The lowest BCUT2D eigenvalue weighted by Gasteiger charge is -2.32. The van der Waals surface area contributed by atoms with Gasteiger partial charge in [-0.05, 0) is 51.7 Å². The normalized spacial score (nSPS) is 20.2. The first-order chi connectivity index (χ1) is 9.71. The smallest absolute Gasteiger partial charge is 0.399 e. The van der Waals surface area contributed by atoms with Gasteiger partial charge in [0.1, 0.15) is 0 Å². The van der Waals surface area contributed by atoms with Crippen LogP contribution in [0.25, 0.3) is 0 Å². The predicted octanol–water partition coefficient (Wildman–Crippen LogP) is 2.53. The predicted molar refractivity (Wildman–Crippen MR) is 89.0 cm³/mol. The molecule has 1 heterocycles. The van der Waals surface area contributed by atoms with E-state index in [4.69, 9.17) is 9.31 Å². The molecular weight excluding hydrogens is 261 g/mol. The summed E-state index contributed by atoms with van der Waals surface area (Å²) in [5, 5.41) is 3.44. The van der Waals surface area contributed by atoms with Gasteiger partial charge < -0.3 is 14.6 Å². The van der Waals surface area contributed by atoms with Crippen molar-refractivity contribution < 1.29 is 9.31 Å². The second kappa shape index (κ2) is 6.11. The highest BCUT2D eigenvalue weighted by Crippen LogP contribution is 2.36. The van der Waals surface area contributed by atoms with E-state index < -0.39 is 0 Å². The molecule has 0 bridgehead atoms. The van der Waals surface area contributed by atoms with E-state index in [1.54, 1.807) is 0 Å². The van der Waals surface area contributed by atoms with E-state index in [0.717, 1.165) is 18.4 Å². The lowest BCUT2D eigenvalue weighted by Crippen LogP contribution is -2.41. The van der Waals surface area contributed by atoms with E-state index in [1.165, 1.54) is 5.56 Å². The molecule has 1 fully saturated rings. The third-order valence-electron chi connectivity index (χ3n) is 4.47. The first-order valence-electron chi connectivity index (χ1n) is 7.89. The summed E-state index contributed by atoms with van der Waals surface area (Å²) in [5.74, 6) is 0. The Bertz CT molecular complexity index is 452. The fourth-order valence-corrected chi connectivity index (χ4v) is 2.33. The second-order valence-corrected chi connectivity index (χ2v) is 7.19. The van der Waals surface area contributed by atoms with Crippen molar-refractivity contribution in [3.63, 3.8) is 0 Å². The van der Waals surface area contributed by atoms with Crippen molar-refractivity contribution in [1.29, 1.82) is 0 Å². The van der Waals surface area contributed by atoms with Gasteiger partial charge in [-0.25, -0.2) is 0 Å². The fourth-order valence-electron chi connectivity index (χ4n) is 2.33. The minimum atomic E-state index is -0.280.